The number of benzene rings is 9. The van der Waals surface area contributed by atoms with E-state index in [4.69, 9.17) is 9.40 Å². The molecule has 280 valence electrons. The van der Waals surface area contributed by atoms with Crippen LogP contribution in [0, 0.1) is 0 Å². The number of fused-ring (bicyclic) bond motifs is 11. The van der Waals surface area contributed by atoms with Gasteiger partial charge in [0.1, 0.15) is 5.52 Å². The van der Waals surface area contributed by atoms with Gasteiger partial charge in [0, 0.05) is 54.9 Å². The standard InChI is InChI=1S/C55H34N4O/c1-3-13-38(14-4-1)58-49-21-11-7-17-41(49)43-29-30-44-46-34-37(26-32-51(46)59(54(44)53(43)58)39-15-5-2-6-16-39)36-25-31-50-45(33-36)42-18-8-10-20-48(42)57(50)40-27-23-35(24-28-40)55-56-47-19-9-12-22-52(47)60-55/h1-34H. The van der Waals surface area contributed by atoms with Gasteiger partial charge in [0.25, 0.3) is 0 Å². The highest BCUT2D eigenvalue weighted by Crippen LogP contribution is 2.43. The van der Waals surface area contributed by atoms with Crippen molar-refractivity contribution >= 4 is 76.5 Å². The molecule has 0 saturated heterocycles. The van der Waals surface area contributed by atoms with Crippen molar-refractivity contribution < 1.29 is 4.42 Å². The molecule has 13 rings (SSSR count). The average Bonchev–Trinajstić information content (AvgIpc) is 4.07. The zero-order chi connectivity index (χ0) is 39.3. The van der Waals surface area contributed by atoms with Gasteiger partial charge in [-0.1, -0.05) is 109 Å². The van der Waals surface area contributed by atoms with Crippen molar-refractivity contribution in [1.82, 2.24) is 18.7 Å². The minimum absolute atomic E-state index is 0.626. The minimum atomic E-state index is 0.626. The molecule has 0 aliphatic carbocycles. The molecule has 60 heavy (non-hydrogen) atoms. The Labute approximate surface area is 344 Å². The van der Waals surface area contributed by atoms with E-state index >= 15 is 0 Å². The minimum Gasteiger partial charge on any atom is -0.436 e. The lowest BCUT2D eigenvalue weighted by atomic mass is 10.0. The molecule has 0 N–H and O–H groups in total. The lowest BCUT2D eigenvalue weighted by Gasteiger charge is -2.12. The first-order valence-corrected chi connectivity index (χ1v) is 20.4. The van der Waals surface area contributed by atoms with Crippen molar-refractivity contribution in [2.24, 2.45) is 0 Å². The van der Waals surface area contributed by atoms with Crippen LogP contribution in [0.2, 0.25) is 0 Å². The monoisotopic (exact) mass is 766 g/mol. The maximum absolute atomic E-state index is 6.09. The Morgan fingerprint density at radius 3 is 1.40 bits per heavy atom. The summed E-state index contributed by atoms with van der Waals surface area (Å²) in [5.74, 6) is 0.626. The Morgan fingerprint density at radius 1 is 0.317 bits per heavy atom. The van der Waals surface area contributed by atoms with Gasteiger partial charge < -0.3 is 18.1 Å². The smallest absolute Gasteiger partial charge is 0.227 e. The van der Waals surface area contributed by atoms with Gasteiger partial charge in [-0.25, -0.2) is 4.98 Å². The summed E-state index contributed by atoms with van der Waals surface area (Å²) in [7, 11) is 0. The van der Waals surface area contributed by atoms with Crippen molar-refractivity contribution in [3.8, 4) is 39.6 Å². The van der Waals surface area contributed by atoms with Crippen LogP contribution in [0.4, 0.5) is 0 Å². The lowest BCUT2D eigenvalue weighted by Crippen LogP contribution is -1.98. The quantitative estimate of drug-likeness (QED) is 0.175. The van der Waals surface area contributed by atoms with Crippen molar-refractivity contribution in [2.75, 3.05) is 0 Å². The highest BCUT2D eigenvalue weighted by molar-refractivity contribution is 6.24. The lowest BCUT2D eigenvalue weighted by molar-refractivity contribution is 0.620. The van der Waals surface area contributed by atoms with Gasteiger partial charge in [0.2, 0.25) is 5.89 Å². The van der Waals surface area contributed by atoms with Gasteiger partial charge in [-0.2, -0.15) is 0 Å². The molecule has 9 aromatic carbocycles. The van der Waals surface area contributed by atoms with Crippen LogP contribution in [0.25, 0.3) is 116 Å². The first kappa shape index (κ1) is 32.9. The summed E-state index contributed by atoms with van der Waals surface area (Å²) in [6, 6.07) is 74.0. The number of para-hydroxylation sites is 6. The molecule has 5 heteroatoms. The second-order valence-electron chi connectivity index (χ2n) is 15.6. The largest absolute Gasteiger partial charge is 0.436 e. The molecular weight excluding hydrogens is 733 g/mol. The van der Waals surface area contributed by atoms with Gasteiger partial charge in [0.05, 0.1) is 33.1 Å². The summed E-state index contributed by atoms with van der Waals surface area (Å²) in [6.45, 7) is 0. The maximum Gasteiger partial charge on any atom is 0.227 e. The molecule has 0 spiro atoms. The highest BCUT2D eigenvalue weighted by Gasteiger charge is 2.22. The Bertz CT molecular complexity index is 3780. The molecule has 0 fully saturated rings. The van der Waals surface area contributed by atoms with Crippen molar-refractivity contribution in [2.45, 2.75) is 0 Å². The van der Waals surface area contributed by atoms with Crippen LogP contribution < -0.4 is 0 Å². The predicted molar refractivity (Wildman–Crippen MR) is 248 cm³/mol. The molecule has 5 nitrogen and oxygen atoms in total. The van der Waals surface area contributed by atoms with Gasteiger partial charge >= 0.3 is 0 Å². The van der Waals surface area contributed by atoms with Crippen LogP contribution in [-0.4, -0.2) is 18.7 Å². The molecule has 4 heterocycles. The molecule has 0 radical (unpaired) electrons. The third-order valence-corrected chi connectivity index (χ3v) is 12.3. The summed E-state index contributed by atoms with van der Waals surface area (Å²) >= 11 is 0. The molecular formula is C55H34N4O. The topological polar surface area (TPSA) is 40.8 Å². The summed E-state index contributed by atoms with van der Waals surface area (Å²) in [5.41, 5.74) is 15.4. The van der Waals surface area contributed by atoms with E-state index in [9.17, 15) is 0 Å². The van der Waals surface area contributed by atoms with E-state index < -0.39 is 0 Å². The van der Waals surface area contributed by atoms with Gasteiger partial charge in [-0.3, -0.25) is 0 Å². The first-order valence-electron chi connectivity index (χ1n) is 20.4. The fourth-order valence-corrected chi connectivity index (χ4v) is 9.60. The molecule has 0 aliphatic heterocycles. The zero-order valence-corrected chi connectivity index (χ0v) is 32.3. The molecule has 0 saturated carbocycles. The molecule has 13 aromatic rings. The molecule has 0 atom stereocenters. The molecule has 0 aliphatic rings. The van der Waals surface area contributed by atoms with E-state index in [0.29, 0.717) is 5.89 Å². The van der Waals surface area contributed by atoms with E-state index in [1.165, 1.54) is 71.0 Å². The average molecular weight is 767 g/mol. The second kappa shape index (κ2) is 12.7. The summed E-state index contributed by atoms with van der Waals surface area (Å²) < 4.78 is 13.4. The van der Waals surface area contributed by atoms with E-state index in [1.54, 1.807) is 0 Å². The third kappa shape index (κ3) is 4.77. The maximum atomic E-state index is 6.09. The van der Waals surface area contributed by atoms with E-state index in [0.717, 1.165) is 39.2 Å². The van der Waals surface area contributed by atoms with E-state index in [1.807, 2.05) is 24.3 Å². The van der Waals surface area contributed by atoms with Crippen LogP contribution in [0.1, 0.15) is 0 Å². The van der Waals surface area contributed by atoms with Crippen LogP contribution in [0.15, 0.2) is 211 Å². The van der Waals surface area contributed by atoms with Gasteiger partial charge in [-0.15, -0.1) is 0 Å². The SMILES string of the molecule is c1ccc(-n2c3ccccc3c3ccc4c5cc(-c6ccc7c(c6)c6ccccc6n7-c6ccc(-c7nc8ccccc8o7)cc6)ccc5n(-c5ccccc5)c4c32)cc1. The Balaban J connectivity index is 1.00. The van der Waals surface area contributed by atoms with Crippen LogP contribution in [0.5, 0.6) is 0 Å². The zero-order valence-electron chi connectivity index (χ0n) is 32.3. The van der Waals surface area contributed by atoms with Gasteiger partial charge in [-0.05, 0) is 108 Å². The first-order chi connectivity index (χ1) is 29.8. The Kier molecular flexibility index (Phi) is 6.95. The Hall–Kier alpha value is -8.15. The van der Waals surface area contributed by atoms with Crippen LogP contribution in [0.3, 0.4) is 0 Å². The number of hydrogen-bond acceptors (Lipinski definition) is 2. The van der Waals surface area contributed by atoms with Crippen molar-refractivity contribution in [3.63, 3.8) is 0 Å². The number of aromatic nitrogens is 4. The van der Waals surface area contributed by atoms with Crippen molar-refractivity contribution in [3.05, 3.63) is 206 Å². The van der Waals surface area contributed by atoms with Crippen molar-refractivity contribution in [1.29, 1.82) is 0 Å². The summed E-state index contributed by atoms with van der Waals surface area (Å²) in [4.78, 5) is 4.73. The summed E-state index contributed by atoms with van der Waals surface area (Å²) in [5, 5.41) is 7.37. The van der Waals surface area contributed by atoms with E-state index in [-0.39, 0.29) is 0 Å². The summed E-state index contributed by atoms with van der Waals surface area (Å²) in [6.07, 6.45) is 0. The Morgan fingerprint density at radius 2 is 0.767 bits per heavy atom. The normalized spacial score (nSPS) is 12.0. The predicted octanol–water partition coefficient (Wildman–Crippen LogP) is 14.5. The molecule has 0 bridgehead atoms. The number of rotatable bonds is 5. The molecule has 0 unspecified atom stereocenters. The third-order valence-electron chi connectivity index (χ3n) is 12.3. The second-order valence-corrected chi connectivity index (χ2v) is 15.6. The van der Waals surface area contributed by atoms with E-state index in [2.05, 4.69) is 196 Å². The van der Waals surface area contributed by atoms with Crippen LogP contribution >= 0.6 is 0 Å². The highest BCUT2D eigenvalue weighted by atomic mass is 16.3. The fourth-order valence-electron chi connectivity index (χ4n) is 9.60. The van der Waals surface area contributed by atoms with Crippen LogP contribution in [-0.2, 0) is 0 Å². The number of hydrogen-bond donors (Lipinski definition) is 0. The number of nitrogens with zero attached hydrogens (tertiary/aromatic N) is 4. The molecule has 0 amide bonds. The number of oxazole rings is 1. The fraction of sp³-hybridized carbons (Fsp3) is 0. The van der Waals surface area contributed by atoms with Gasteiger partial charge in [0.15, 0.2) is 5.58 Å². The molecule has 4 aromatic heterocycles.